The van der Waals surface area contributed by atoms with Gasteiger partial charge in [-0.05, 0) is 106 Å². The predicted molar refractivity (Wildman–Crippen MR) is 213 cm³/mol. The first-order valence-corrected chi connectivity index (χ1v) is 23.2. The van der Waals surface area contributed by atoms with Gasteiger partial charge < -0.3 is 78.7 Å². The summed E-state index contributed by atoms with van der Waals surface area (Å²) in [7, 11) is 0. The number of rotatable bonds is 7. The SMILES string of the molecule is C[C@@H]1CC[C@@]2(OC1)O[C@H]1CC3[C@@H]4CC=C5C[C@@H](O[C@@H]6O[C@H](CO)[C@@H](O[C@@H]7O[C@@H](C)[C@H](O)[C@@H](O)[C@H]7O)[C@H](O)[C@H]6O[C@@H]6O[C@@H](C)[C@H](O)[C@@H](O)[C@H]6O)CC[C@]5(C)[C@H]4CC[C@]3(C)[C@H]1[C@@H]2C. The fourth-order valence-electron chi connectivity index (χ4n) is 14.0. The van der Waals surface area contributed by atoms with E-state index >= 15 is 0 Å². The van der Waals surface area contributed by atoms with Crippen molar-refractivity contribution < 1.29 is 78.7 Å². The molecule has 5 heterocycles. The maximum Gasteiger partial charge on any atom is 0.187 e. The summed E-state index contributed by atoms with van der Waals surface area (Å²) in [5, 5.41) is 85.9. The lowest BCUT2D eigenvalue weighted by atomic mass is 9.47. The van der Waals surface area contributed by atoms with Crippen molar-refractivity contribution in [3.63, 3.8) is 0 Å². The Balaban J connectivity index is 0.916. The molecule has 61 heavy (non-hydrogen) atoms. The molecule has 5 saturated heterocycles. The first-order chi connectivity index (χ1) is 28.9. The zero-order valence-electron chi connectivity index (χ0n) is 36.5. The van der Waals surface area contributed by atoms with Gasteiger partial charge in [-0.25, -0.2) is 0 Å². The molecule has 4 aliphatic carbocycles. The summed E-state index contributed by atoms with van der Waals surface area (Å²) < 4.78 is 50.1. The Morgan fingerprint density at radius 3 is 1.97 bits per heavy atom. The number of ether oxygens (including phenoxy) is 8. The molecule has 0 bridgehead atoms. The Morgan fingerprint density at radius 2 is 1.34 bits per heavy atom. The number of fused-ring (bicyclic) bond motifs is 7. The van der Waals surface area contributed by atoms with Crippen LogP contribution in [-0.4, -0.2) is 164 Å². The second-order valence-corrected chi connectivity index (χ2v) is 21.1. The van der Waals surface area contributed by atoms with Crippen molar-refractivity contribution in [1.82, 2.24) is 0 Å². The summed E-state index contributed by atoms with van der Waals surface area (Å²) in [6, 6.07) is 0. The smallest absolute Gasteiger partial charge is 0.187 e. The lowest BCUT2D eigenvalue weighted by molar-refractivity contribution is -0.388. The molecule has 0 radical (unpaired) electrons. The summed E-state index contributed by atoms with van der Waals surface area (Å²) in [5.41, 5.74) is 1.53. The summed E-state index contributed by atoms with van der Waals surface area (Å²) in [4.78, 5) is 0. The minimum absolute atomic E-state index is 0.0171. The summed E-state index contributed by atoms with van der Waals surface area (Å²) in [5.74, 6) is 2.64. The monoisotopic (exact) mass is 868 g/mol. The topological polar surface area (TPSA) is 236 Å². The van der Waals surface area contributed by atoms with Crippen LogP contribution in [0.3, 0.4) is 0 Å². The van der Waals surface area contributed by atoms with Crippen molar-refractivity contribution in [3.8, 4) is 0 Å². The molecule has 348 valence electrons. The molecule has 8 N–H and O–H groups in total. The average molecular weight is 869 g/mol. The van der Waals surface area contributed by atoms with Crippen molar-refractivity contribution in [2.45, 2.75) is 209 Å². The molecule has 1 spiro atoms. The molecule has 0 amide bonds. The van der Waals surface area contributed by atoms with Crippen LogP contribution in [0.1, 0.15) is 99.3 Å². The zero-order valence-corrected chi connectivity index (χ0v) is 36.5. The molecule has 5 aliphatic heterocycles. The van der Waals surface area contributed by atoms with Gasteiger partial charge in [0.2, 0.25) is 0 Å². The fraction of sp³-hybridized carbons (Fsp3) is 0.956. The molecular weight excluding hydrogens is 796 g/mol. The molecule has 9 aliphatic rings. The van der Waals surface area contributed by atoms with E-state index in [0.29, 0.717) is 48.3 Å². The molecular formula is C45H72O16. The van der Waals surface area contributed by atoms with Crippen LogP contribution in [0.15, 0.2) is 11.6 Å². The van der Waals surface area contributed by atoms with Gasteiger partial charge in [0.25, 0.3) is 0 Å². The van der Waals surface area contributed by atoms with E-state index < -0.39 is 105 Å². The number of allylic oxidation sites excluding steroid dienone is 1. The Labute approximate surface area is 358 Å². The maximum atomic E-state index is 12.0. The number of aliphatic hydroxyl groups is 8. The van der Waals surface area contributed by atoms with E-state index in [0.717, 1.165) is 45.1 Å². The van der Waals surface area contributed by atoms with Gasteiger partial charge in [-0.2, -0.15) is 0 Å². The van der Waals surface area contributed by atoms with Crippen molar-refractivity contribution in [3.05, 3.63) is 11.6 Å². The molecule has 3 saturated carbocycles. The highest BCUT2D eigenvalue weighted by Crippen LogP contribution is 2.70. The minimum Gasteiger partial charge on any atom is -0.394 e. The first kappa shape index (κ1) is 45.3. The zero-order chi connectivity index (χ0) is 43.5. The first-order valence-electron chi connectivity index (χ1n) is 23.2. The van der Waals surface area contributed by atoms with Gasteiger partial charge in [0.15, 0.2) is 24.7 Å². The van der Waals surface area contributed by atoms with E-state index in [9.17, 15) is 40.9 Å². The molecule has 16 heteroatoms. The molecule has 0 aromatic carbocycles. The van der Waals surface area contributed by atoms with Gasteiger partial charge in [0, 0.05) is 12.3 Å². The quantitative estimate of drug-likeness (QED) is 0.168. The van der Waals surface area contributed by atoms with E-state index in [1.807, 2.05) is 0 Å². The summed E-state index contributed by atoms with van der Waals surface area (Å²) >= 11 is 0. The third kappa shape index (κ3) is 7.42. The second-order valence-electron chi connectivity index (χ2n) is 21.1. The Hall–Kier alpha value is -0.900. The van der Waals surface area contributed by atoms with Crippen LogP contribution in [-0.2, 0) is 37.9 Å². The summed E-state index contributed by atoms with van der Waals surface area (Å²) in [6.07, 6.45) is -10.4. The molecule has 26 atom stereocenters. The minimum atomic E-state index is -1.71. The van der Waals surface area contributed by atoms with Crippen molar-refractivity contribution in [2.24, 2.45) is 46.3 Å². The van der Waals surface area contributed by atoms with Crippen LogP contribution in [0.4, 0.5) is 0 Å². The van der Waals surface area contributed by atoms with Crippen LogP contribution in [0.2, 0.25) is 0 Å². The third-order valence-electron chi connectivity index (χ3n) is 17.6. The van der Waals surface area contributed by atoms with E-state index in [4.69, 9.17) is 37.9 Å². The van der Waals surface area contributed by atoms with Crippen LogP contribution in [0.5, 0.6) is 0 Å². The van der Waals surface area contributed by atoms with Crippen LogP contribution >= 0.6 is 0 Å². The Bertz CT molecular complexity index is 1590. The number of hydrogen-bond acceptors (Lipinski definition) is 16. The fourth-order valence-corrected chi connectivity index (χ4v) is 14.0. The number of hydrogen-bond donors (Lipinski definition) is 8. The van der Waals surface area contributed by atoms with Gasteiger partial charge in [0.05, 0.1) is 37.6 Å². The molecule has 9 rings (SSSR count). The van der Waals surface area contributed by atoms with E-state index in [1.54, 1.807) is 0 Å². The third-order valence-corrected chi connectivity index (χ3v) is 17.6. The van der Waals surface area contributed by atoms with Crippen molar-refractivity contribution in [1.29, 1.82) is 0 Å². The number of aliphatic hydroxyl groups excluding tert-OH is 8. The molecule has 8 fully saturated rings. The molecule has 16 nitrogen and oxygen atoms in total. The summed E-state index contributed by atoms with van der Waals surface area (Å²) in [6.45, 7) is 12.7. The van der Waals surface area contributed by atoms with E-state index in [2.05, 4.69) is 33.8 Å². The van der Waals surface area contributed by atoms with Gasteiger partial charge in [-0.15, -0.1) is 0 Å². The van der Waals surface area contributed by atoms with Crippen LogP contribution in [0.25, 0.3) is 0 Å². The average Bonchev–Trinajstić information content (AvgIpc) is 3.69. The van der Waals surface area contributed by atoms with Gasteiger partial charge in [-0.1, -0.05) is 39.3 Å². The molecule has 0 aromatic rings. The highest BCUT2D eigenvalue weighted by atomic mass is 16.8. The molecule has 1 unspecified atom stereocenters. The van der Waals surface area contributed by atoms with Crippen molar-refractivity contribution >= 4 is 0 Å². The normalized spacial score (nSPS) is 58.4. The van der Waals surface area contributed by atoms with Gasteiger partial charge >= 0.3 is 0 Å². The maximum absolute atomic E-state index is 12.0. The van der Waals surface area contributed by atoms with Gasteiger partial charge in [0.1, 0.15) is 61.0 Å². The van der Waals surface area contributed by atoms with Crippen LogP contribution < -0.4 is 0 Å². The Kier molecular flexibility index (Phi) is 12.4. The second kappa shape index (κ2) is 16.8. The lowest BCUT2D eigenvalue weighted by Crippen LogP contribution is -2.66. The highest BCUT2D eigenvalue weighted by molar-refractivity contribution is 5.26. The van der Waals surface area contributed by atoms with Crippen LogP contribution in [0, 0.1) is 46.3 Å². The van der Waals surface area contributed by atoms with Gasteiger partial charge in [-0.3, -0.25) is 0 Å². The van der Waals surface area contributed by atoms with E-state index in [1.165, 1.54) is 25.8 Å². The largest absolute Gasteiger partial charge is 0.394 e. The van der Waals surface area contributed by atoms with Crippen molar-refractivity contribution in [2.75, 3.05) is 13.2 Å². The standard InChI is InChI=1S/C45H72O16/c1-19-9-14-45(54-18-19)20(2)30-28(61-45)16-27-25-8-7-23-15-24(10-12-43(23,5)26(25)11-13-44(27,30)6)57-42-39(60-41-36(52)34(50)32(48)22(4)56-41)37(53)38(29(17-46)58-42)59-40-35(51)33(49)31(47)21(3)55-40/h7,19-22,24-42,46-53H,8-18H2,1-6H3/t19-,20+,21+,22+,24+,25-,26+,27?,28+,29-,30+,31+,32+,33-,34-,35-,36-,37+,38-,39-,40+,41+,42-,43+,44+,45-/m1/s1. The van der Waals surface area contributed by atoms with E-state index in [-0.39, 0.29) is 23.0 Å². The lowest BCUT2D eigenvalue weighted by Gasteiger charge is -2.58. The Morgan fingerprint density at radius 1 is 0.689 bits per heavy atom. The highest BCUT2D eigenvalue weighted by Gasteiger charge is 2.69. The molecule has 0 aromatic heterocycles. The predicted octanol–water partition coefficient (Wildman–Crippen LogP) is 1.24.